The van der Waals surface area contributed by atoms with Crippen LogP contribution in [0, 0.1) is 6.92 Å². The summed E-state index contributed by atoms with van der Waals surface area (Å²) in [5, 5.41) is 5.09. The molecule has 32 heavy (non-hydrogen) atoms. The molecule has 10 heteroatoms. The Kier molecular flexibility index (Phi) is 7.52. The van der Waals surface area contributed by atoms with Crippen LogP contribution in [0.2, 0.25) is 5.02 Å². The number of benzene rings is 2. The molecule has 0 fully saturated rings. The monoisotopic (exact) mass is 521 g/mol. The fraction of sp³-hybridized carbons (Fsp3) is 0.273. The second kappa shape index (κ2) is 10.1. The van der Waals surface area contributed by atoms with Crippen molar-refractivity contribution in [2.24, 2.45) is 5.10 Å². The van der Waals surface area contributed by atoms with E-state index in [4.69, 9.17) is 25.8 Å². The summed E-state index contributed by atoms with van der Waals surface area (Å²) < 4.78 is 18.1. The molecule has 0 spiro atoms. The fourth-order valence-electron chi connectivity index (χ4n) is 2.96. The Hall–Kier alpha value is -2.91. The zero-order chi connectivity index (χ0) is 23.4. The van der Waals surface area contributed by atoms with Crippen LogP contribution in [-0.4, -0.2) is 41.7 Å². The molecule has 0 radical (unpaired) electrons. The van der Waals surface area contributed by atoms with E-state index in [1.807, 2.05) is 6.07 Å². The van der Waals surface area contributed by atoms with Gasteiger partial charge in [-0.05, 0) is 45.0 Å². The molecule has 0 saturated heterocycles. The van der Waals surface area contributed by atoms with Crippen LogP contribution in [0.3, 0.4) is 0 Å². The maximum Gasteiger partial charge on any atom is 0.347 e. The number of esters is 1. The molecular weight excluding hydrogens is 502 g/mol. The van der Waals surface area contributed by atoms with E-state index in [0.29, 0.717) is 33.1 Å². The summed E-state index contributed by atoms with van der Waals surface area (Å²) in [7, 11) is 1.45. The standard InChI is InChI=1S/C22H21BrClN3O5/c1-5-31-22(29)12(2)32-20-14(8-16(24)10-19(20)30-4)11-25-27-13(3)26-18-7-6-15(23)9-17(18)21(27)28/h6-12H,5H2,1-4H3/t12-/m1/s1. The highest BCUT2D eigenvalue weighted by Crippen LogP contribution is 2.34. The highest BCUT2D eigenvalue weighted by atomic mass is 79.9. The Balaban J connectivity index is 2.08. The van der Waals surface area contributed by atoms with E-state index in [0.717, 1.165) is 4.47 Å². The van der Waals surface area contributed by atoms with Crippen molar-refractivity contribution in [2.45, 2.75) is 26.9 Å². The average Bonchev–Trinajstić information content (AvgIpc) is 2.75. The minimum atomic E-state index is -0.902. The number of fused-ring (bicyclic) bond motifs is 1. The predicted octanol–water partition coefficient (Wildman–Crippen LogP) is 4.34. The molecule has 0 unspecified atom stereocenters. The van der Waals surface area contributed by atoms with Crippen LogP contribution in [0.15, 0.2) is 44.7 Å². The molecule has 0 bridgehead atoms. The Bertz CT molecular complexity index is 1260. The first-order valence-corrected chi connectivity index (χ1v) is 10.9. The highest BCUT2D eigenvalue weighted by Gasteiger charge is 2.21. The van der Waals surface area contributed by atoms with E-state index in [2.05, 4.69) is 26.0 Å². The zero-order valence-electron chi connectivity index (χ0n) is 17.9. The molecule has 0 saturated carbocycles. The maximum absolute atomic E-state index is 13.0. The summed E-state index contributed by atoms with van der Waals surface area (Å²) in [5.41, 5.74) is 0.645. The number of aryl methyl sites for hydroxylation is 1. The normalized spacial score (nSPS) is 12.2. The number of nitrogens with zero attached hydrogens (tertiary/aromatic N) is 3. The molecule has 0 aliphatic rings. The van der Waals surface area contributed by atoms with Crippen LogP contribution in [0.1, 0.15) is 25.2 Å². The maximum atomic E-state index is 13.0. The van der Waals surface area contributed by atoms with Crippen molar-refractivity contribution in [1.82, 2.24) is 9.66 Å². The SMILES string of the molecule is CCOC(=O)[C@@H](C)Oc1c(C=Nn2c(C)nc3ccc(Br)cc3c2=O)cc(Cl)cc1OC. The lowest BCUT2D eigenvalue weighted by Gasteiger charge is -2.18. The van der Waals surface area contributed by atoms with E-state index in [-0.39, 0.29) is 17.9 Å². The summed E-state index contributed by atoms with van der Waals surface area (Å²) in [6.45, 7) is 5.18. The van der Waals surface area contributed by atoms with Gasteiger partial charge in [-0.2, -0.15) is 9.78 Å². The molecule has 1 heterocycles. The summed E-state index contributed by atoms with van der Waals surface area (Å²) in [4.78, 5) is 29.5. The van der Waals surface area contributed by atoms with Crippen molar-refractivity contribution in [3.8, 4) is 11.5 Å². The van der Waals surface area contributed by atoms with Crippen molar-refractivity contribution in [2.75, 3.05) is 13.7 Å². The molecule has 3 rings (SSSR count). The topological polar surface area (TPSA) is 92.0 Å². The van der Waals surface area contributed by atoms with E-state index in [1.165, 1.54) is 18.0 Å². The quantitative estimate of drug-likeness (QED) is 0.339. The van der Waals surface area contributed by atoms with Crippen LogP contribution in [-0.2, 0) is 9.53 Å². The molecule has 168 valence electrons. The number of halogens is 2. The summed E-state index contributed by atoms with van der Waals surface area (Å²) in [6.07, 6.45) is 0.503. The van der Waals surface area contributed by atoms with Crippen molar-refractivity contribution < 1.29 is 19.0 Å². The van der Waals surface area contributed by atoms with Gasteiger partial charge in [0.15, 0.2) is 17.6 Å². The van der Waals surface area contributed by atoms with Gasteiger partial charge in [0.25, 0.3) is 5.56 Å². The van der Waals surface area contributed by atoms with Gasteiger partial charge < -0.3 is 14.2 Å². The second-order valence-corrected chi connectivity index (χ2v) is 8.07. The Morgan fingerprint density at radius 3 is 2.78 bits per heavy atom. The molecule has 1 atom stereocenters. The zero-order valence-corrected chi connectivity index (χ0v) is 20.2. The number of aromatic nitrogens is 2. The minimum Gasteiger partial charge on any atom is -0.493 e. The largest absolute Gasteiger partial charge is 0.493 e. The number of hydrogen-bond acceptors (Lipinski definition) is 7. The Morgan fingerprint density at radius 1 is 1.34 bits per heavy atom. The van der Waals surface area contributed by atoms with Gasteiger partial charge in [0.05, 0.1) is 30.8 Å². The van der Waals surface area contributed by atoms with Gasteiger partial charge in [0.1, 0.15) is 5.82 Å². The lowest BCUT2D eigenvalue weighted by Crippen LogP contribution is -2.26. The van der Waals surface area contributed by atoms with E-state index >= 15 is 0 Å². The Morgan fingerprint density at radius 2 is 2.09 bits per heavy atom. The van der Waals surface area contributed by atoms with Crippen molar-refractivity contribution in [3.63, 3.8) is 0 Å². The van der Waals surface area contributed by atoms with E-state index < -0.39 is 12.1 Å². The summed E-state index contributed by atoms with van der Waals surface area (Å²) in [6, 6.07) is 8.40. The van der Waals surface area contributed by atoms with Crippen LogP contribution >= 0.6 is 27.5 Å². The molecule has 3 aromatic rings. The van der Waals surface area contributed by atoms with Gasteiger partial charge in [-0.3, -0.25) is 4.79 Å². The first-order chi connectivity index (χ1) is 15.2. The molecule has 8 nitrogen and oxygen atoms in total. The number of rotatable bonds is 7. The third-order valence-corrected chi connectivity index (χ3v) is 5.18. The Labute approximate surface area is 197 Å². The van der Waals surface area contributed by atoms with Crippen LogP contribution in [0.5, 0.6) is 11.5 Å². The predicted molar refractivity (Wildman–Crippen MR) is 126 cm³/mol. The van der Waals surface area contributed by atoms with Crippen LogP contribution in [0.25, 0.3) is 10.9 Å². The fourth-order valence-corrected chi connectivity index (χ4v) is 3.54. The molecule has 0 aliphatic carbocycles. The number of ether oxygens (including phenoxy) is 3. The lowest BCUT2D eigenvalue weighted by atomic mass is 10.2. The lowest BCUT2D eigenvalue weighted by molar-refractivity contribution is -0.150. The van der Waals surface area contributed by atoms with Gasteiger partial charge in [0.2, 0.25) is 0 Å². The smallest absolute Gasteiger partial charge is 0.347 e. The third-order valence-electron chi connectivity index (χ3n) is 4.46. The van der Waals surface area contributed by atoms with Gasteiger partial charge in [0, 0.05) is 21.1 Å². The van der Waals surface area contributed by atoms with E-state index in [9.17, 15) is 9.59 Å². The molecule has 2 aromatic carbocycles. The number of hydrogen-bond donors (Lipinski definition) is 0. The average molecular weight is 523 g/mol. The van der Waals surface area contributed by atoms with Crippen molar-refractivity contribution >= 4 is 50.6 Å². The highest BCUT2D eigenvalue weighted by molar-refractivity contribution is 9.10. The first-order valence-electron chi connectivity index (χ1n) is 9.69. The first kappa shape index (κ1) is 23.7. The second-order valence-electron chi connectivity index (χ2n) is 6.72. The van der Waals surface area contributed by atoms with Crippen LogP contribution in [0.4, 0.5) is 0 Å². The van der Waals surface area contributed by atoms with Gasteiger partial charge >= 0.3 is 5.97 Å². The third kappa shape index (κ3) is 5.11. The molecule has 0 amide bonds. The molecule has 0 aliphatic heterocycles. The van der Waals surface area contributed by atoms with Crippen molar-refractivity contribution in [1.29, 1.82) is 0 Å². The van der Waals surface area contributed by atoms with Crippen LogP contribution < -0.4 is 15.0 Å². The number of methoxy groups -OCH3 is 1. The molecule has 0 N–H and O–H groups in total. The summed E-state index contributed by atoms with van der Waals surface area (Å²) in [5.74, 6) is 0.421. The van der Waals surface area contributed by atoms with E-state index in [1.54, 1.807) is 45.0 Å². The van der Waals surface area contributed by atoms with Crippen molar-refractivity contribution in [3.05, 3.63) is 61.6 Å². The molecular formula is C22H21BrClN3O5. The number of carbonyl (C=O) groups is 1. The van der Waals surface area contributed by atoms with Gasteiger partial charge in [-0.25, -0.2) is 9.78 Å². The van der Waals surface area contributed by atoms with Gasteiger partial charge in [-0.1, -0.05) is 27.5 Å². The van der Waals surface area contributed by atoms with Gasteiger partial charge in [-0.15, -0.1) is 0 Å². The minimum absolute atomic E-state index is 0.228. The molecule has 1 aromatic heterocycles. The number of carbonyl (C=O) groups excluding carboxylic acids is 1. The summed E-state index contributed by atoms with van der Waals surface area (Å²) >= 11 is 9.58.